The van der Waals surface area contributed by atoms with Crippen molar-refractivity contribution >= 4 is 17.8 Å². The summed E-state index contributed by atoms with van der Waals surface area (Å²) < 4.78 is 18.9. The summed E-state index contributed by atoms with van der Waals surface area (Å²) in [5.74, 6) is -0.245. The maximum atomic E-state index is 14.1. The van der Waals surface area contributed by atoms with E-state index in [4.69, 9.17) is 4.74 Å². The second kappa shape index (κ2) is 8.06. The van der Waals surface area contributed by atoms with Crippen LogP contribution in [0, 0.1) is 5.82 Å². The number of hydrogen-bond donors (Lipinski definition) is 0. The number of benzene rings is 1. The van der Waals surface area contributed by atoms with Crippen molar-refractivity contribution in [3.63, 3.8) is 0 Å². The van der Waals surface area contributed by atoms with Crippen LogP contribution in [0.3, 0.4) is 0 Å². The zero-order valence-electron chi connectivity index (χ0n) is 18.1. The first-order valence-electron chi connectivity index (χ1n) is 10.7. The number of urea groups is 1. The molecular formula is C22H31FN4O3. The van der Waals surface area contributed by atoms with Crippen LogP contribution in [0.25, 0.3) is 0 Å². The Morgan fingerprint density at radius 2 is 1.80 bits per heavy atom. The summed E-state index contributed by atoms with van der Waals surface area (Å²) in [6.45, 7) is 3.89. The lowest BCUT2D eigenvalue weighted by atomic mass is 9.74. The normalized spacial score (nSPS) is 21.6. The van der Waals surface area contributed by atoms with Gasteiger partial charge >= 0.3 is 12.1 Å². The smallest absolute Gasteiger partial charge is 0.409 e. The van der Waals surface area contributed by atoms with Gasteiger partial charge in [-0.3, -0.25) is 4.90 Å². The predicted octanol–water partition coefficient (Wildman–Crippen LogP) is 2.89. The van der Waals surface area contributed by atoms with E-state index >= 15 is 0 Å². The standard InChI is InChI=1S/C22H31FN4O3/c1-24(2)20(28)27-15-22(18-14-16(23)4-5-19(18)27)8-12-25(13-9-22)17-6-10-26(11-7-17)21(29)30-3/h4-5,14,17H,6-13,15H2,1-3H3. The van der Waals surface area contributed by atoms with Crippen molar-refractivity contribution in [2.75, 3.05) is 58.8 Å². The Hall–Kier alpha value is -2.35. The van der Waals surface area contributed by atoms with Crippen LogP contribution in [0.2, 0.25) is 0 Å². The van der Waals surface area contributed by atoms with E-state index in [1.807, 2.05) is 0 Å². The number of fused-ring (bicyclic) bond motifs is 2. The number of ether oxygens (including phenoxy) is 1. The number of carbonyl (C=O) groups excluding carboxylic acids is 2. The summed E-state index contributed by atoms with van der Waals surface area (Å²) in [4.78, 5) is 32.1. The number of anilines is 1. The third-order valence-electron chi connectivity index (χ3n) is 7.06. The molecule has 3 heterocycles. The summed E-state index contributed by atoms with van der Waals surface area (Å²) in [6, 6.07) is 5.21. The van der Waals surface area contributed by atoms with Crippen molar-refractivity contribution in [2.24, 2.45) is 0 Å². The molecule has 0 unspecified atom stereocenters. The minimum Gasteiger partial charge on any atom is -0.453 e. The minimum absolute atomic E-state index is 0.0580. The zero-order chi connectivity index (χ0) is 21.5. The molecule has 164 valence electrons. The quantitative estimate of drug-likeness (QED) is 0.704. The molecule has 0 bridgehead atoms. The highest BCUT2D eigenvalue weighted by atomic mass is 19.1. The molecule has 3 amide bonds. The highest BCUT2D eigenvalue weighted by molar-refractivity contribution is 5.95. The Kier molecular flexibility index (Phi) is 5.61. The number of amides is 3. The monoisotopic (exact) mass is 418 g/mol. The second-order valence-electron chi connectivity index (χ2n) is 8.93. The lowest BCUT2D eigenvalue weighted by Crippen LogP contribution is -2.52. The number of halogens is 1. The fraction of sp³-hybridized carbons (Fsp3) is 0.636. The first-order valence-corrected chi connectivity index (χ1v) is 10.7. The van der Waals surface area contributed by atoms with Crippen LogP contribution >= 0.6 is 0 Å². The summed E-state index contributed by atoms with van der Waals surface area (Å²) in [6.07, 6.45) is 3.44. The number of piperidine rings is 2. The largest absolute Gasteiger partial charge is 0.453 e. The van der Waals surface area contributed by atoms with Gasteiger partial charge in [0.2, 0.25) is 0 Å². The van der Waals surface area contributed by atoms with Gasteiger partial charge in [-0.1, -0.05) is 0 Å². The highest BCUT2D eigenvalue weighted by Crippen LogP contribution is 2.48. The van der Waals surface area contributed by atoms with Crippen molar-refractivity contribution in [1.29, 1.82) is 0 Å². The Morgan fingerprint density at radius 3 is 2.40 bits per heavy atom. The van der Waals surface area contributed by atoms with Gasteiger partial charge in [-0.2, -0.15) is 0 Å². The molecule has 3 aliphatic heterocycles. The van der Waals surface area contributed by atoms with E-state index in [1.165, 1.54) is 13.2 Å². The van der Waals surface area contributed by atoms with Crippen molar-refractivity contribution < 1.29 is 18.7 Å². The molecule has 0 saturated carbocycles. The molecule has 0 aliphatic carbocycles. The number of hydrogen-bond acceptors (Lipinski definition) is 4. The molecule has 1 aromatic rings. The van der Waals surface area contributed by atoms with Crippen LogP contribution in [0.1, 0.15) is 31.2 Å². The molecular weight excluding hydrogens is 387 g/mol. The summed E-state index contributed by atoms with van der Waals surface area (Å²) in [5, 5.41) is 0. The van der Waals surface area contributed by atoms with Gasteiger partial charge in [-0.15, -0.1) is 0 Å². The summed E-state index contributed by atoms with van der Waals surface area (Å²) in [7, 11) is 4.92. The number of nitrogens with zero attached hydrogens (tertiary/aromatic N) is 4. The Morgan fingerprint density at radius 1 is 1.13 bits per heavy atom. The van der Waals surface area contributed by atoms with Gasteiger partial charge in [0.05, 0.1) is 7.11 Å². The molecule has 2 saturated heterocycles. The third-order valence-corrected chi connectivity index (χ3v) is 7.06. The summed E-state index contributed by atoms with van der Waals surface area (Å²) >= 11 is 0. The van der Waals surface area contributed by atoms with Crippen LogP contribution in [0.15, 0.2) is 18.2 Å². The van der Waals surface area contributed by atoms with Crippen molar-refractivity contribution in [2.45, 2.75) is 37.1 Å². The van der Waals surface area contributed by atoms with Crippen LogP contribution < -0.4 is 4.90 Å². The van der Waals surface area contributed by atoms with Crippen LogP contribution in [-0.4, -0.2) is 86.8 Å². The van der Waals surface area contributed by atoms with E-state index in [-0.39, 0.29) is 23.4 Å². The molecule has 0 aromatic heterocycles. The van der Waals surface area contributed by atoms with E-state index in [0.717, 1.165) is 63.1 Å². The van der Waals surface area contributed by atoms with E-state index in [1.54, 1.807) is 40.9 Å². The van der Waals surface area contributed by atoms with Gasteiger partial charge in [0, 0.05) is 50.9 Å². The highest BCUT2D eigenvalue weighted by Gasteiger charge is 2.47. The van der Waals surface area contributed by atoms with Crippen LogP contribution in [0.4, 0.5) is 19.7 Å². The second-order valence-corrected chi connectivity index (χ2v) is 8.93. The van der Waals surface area contributed by atoms with E-state index in [2.05, 4.69) is 4.90 Å². The molecule has 1 spiro atoms. The maximum absolute atomic E-state index is 14.1. The summed E-state index contributed by atoms with van der Waals surface area (Å²) in [5.41, 5.74) is 1.62. The first kappa shape index (κ1) is 20.9. The molecule has 1 aromatic carbocycles. The van der Waals surface area contributed by atoms with Crippen molar-refractivity contribution in [3.8, 4) is 0 Å². The molecule has 4 rings (SSSR count). The lowest BCUT2D eigenvalue weighted by molar-refractivity contribution is 0.0631. The topological polar surface area (TPSA) is 56.3 Å². The van der Waals surface area contributed by atoms with Gasteiger partial charge in [-0.25, -0.2) is 14.0 Å². The van der Waals surface area contributed by atoms with Gasteiger partial charge in [0.1, 0.15) is 5.82 Å². The Labute approximate surface area is 177 Å². The van der Waals surface area contributed by atoms with Crippen molar-refractivity contribution in [1.82, 2.24) is 14.7 Å². The van der Waals surface area contributed by atoms with E-state index in [9.17, 15) is 14.0 Å². The van der Waals surface area contributed by atoms with Crippen molar-refractivity contribution in [3.05, 3.63) is 29.6 Å². The number of rotatable bonds is 1. The molecule has 0 atom stereocenters. The maximum Gasteiger partial charge on any atom is 0.409 e. The first-order chi connectivity index (χ1) is 14.3. The number of likely N-dealkylation sites (tertiary alicyclic amines) is 2. The third kappa shape index (κ3) is 3.62. The molecule has 3 aliphatic rings. The minimum atomic E-state index is -0.249. The predicted molar refractivity (Wildman–Crippen MR) is 112 cm³/mol. The van der Waals surface area contributed by atoms with Gasteiger partial charge in [0.15, 0.2) is 0 Å². The van der Waals surface area contributed by atoms with Crippen LogP contribution in [0.5, 0.6) is 0 Å². The average molecular weight is 419 g/mol. The van der Waals surface area contributed by atoms with E-state index < -0.39 is 0 Å². The molecule has 2 fully saturated rings. The number of carbonyl (C=O) groups is 2. The van der Waals surface area contributed by atoms with Crippen LogP contribution in [-0.2, 0) is 10.2 Å². The van der Waals surface area contributed by atoms with Gasteiger partial charge in [0.25, 0.3) is 0 Å². The fourth-order valence-corrected chi connectivity index (χ4v) is 5.34. The Balaban J connectivity index is 1.46. The molecule has 8 heteroatoms. The SMILES string of the molecule is COC(=O)N1CCC(N2CCC3(CC2)CN(C(=O)N(C)C)c2ccc(F)cc23)CC1. The lowest BCUT2D eigenvalue weighted by Gasteiger charge is -2.45. The van der Waals surface area contributed by atoms with Gasteiger partial charge in [-0.05, 0) is 62.5 Å². The molecule has 0 radical (unpaired) electrons. The number of methoxy groups -OCH3 is 1. The molecule has 0 N–H and O–H groups in total. The molecule has 30 heavy (non-hydrogen) atoms. The Bertz CT molecular complexity index is 815. The fourth-order valence-electron chi connectivity index (χ4n) is 5.34. The average Bonchev–Trinajstić information content (AvgIpc) is 3.06. The van der Waals surface area contributed by atoms with E-state index in [0.29, 0.717) is 12.6 Å². The zero-order valence-corrected chi connectivity index (χ0v) is 18.1. The van der Waals surface area contributed by atoms with Gasteiger partial charge < -0.3 is 19.4 Å². The molecule has 7 nitrogen and oxygen atoms in total.